The average molecular weight is 248 g/mol. The van der Waals surface area contributed by atoms with Gasteiger partial charge in [0.15, 0.2) is 5.96 Å². The third-order valence-electron chi connectivity index (χ3n) is 2.45. The van der Waals surface area contributed by atoms with Crippen LogP contribution in [-0.2, 0) is 0 Å². The van der Waals surface area contributed by atoms with E-state index < -0.39 is 0 Å². The highest BCUT2D eigenvalue weighted by atomic mass is 15.1. The Bertz CT molecular complexity index is 444. The Morgan fingerprint density at radius 3 is 2.39 bits per heavy atom. The van der Waals surface area contributed by atoms with E-state index in [0.29, 0.717) is 0 Å². The van der Waals surface area contributed by atoms with E-state index in [9.17, 15) is 0 Å². The molecule has 0 aliphatic heterocycles. The zero-order valence-corrected chi connectivity index (χ0v) is 10.8. The van der Waals surface area contributed by atoms with Crippen LogP contribution in [0, 0.1) is 0 Å². The van der Waals surface area contributed by atoms with Crippen molar-refractivity contribution in [2.75, 3.05) is 18.0 Å². The predicted molar refractivity (Wildman–Crippen MR) is 77.1 cm³/mol. The Hall–Kier alpha value is -2.24. The molecule has 1 aromatic carbocycles. The van der Waals surface area contributed by atoms with Crippen molar-refractivity contribution in [3.05, 3.63) is 24.3 Å². The maximum Gasteiger partial charge on any atom is 0.223 e. The zero-order chi connectivity index (χ0) is 13.5. The molecule has 0 aliphatic carbocycles. The molecule has 98 valence electrons. The second-order valence-corrected chi connectivity index (χ2v) is 3.70. The highest BCUT2D eigenvalue weighted by Gasteiger charge is 2.02. The summed E-state index contributed by atoms with van der Waals surface area (Å²) in [5, 5.41) is 0. The van der Waals surface area contributed by atoms with Crippen LogP contribution in [0.25, 0.3) is 0 Å². The van der Waals surface area contributed by atoms with Gasteiger partial charge in [-0.2, -0.15) is 4.99 Å². The minimum Gasteiger partial charge on any atom is -0.372 e. The molecule has 0 unspecified atom stereocenters. The number of hydrogen-bond donors (Lipinski definition) is 3. The van der Waals surface area contributed by atoms with Crippen molar-refractivity contribution in [1.29, 1.82) is 0 Å². The normalized spacial score (nSPS) is 11.1. The number of benzene rings is 1. The van der Waals surface area contributed by atoms with Gasteiger partial charge in [0, 0.05) is 18.8 Å². The Morgan fingerprint density at radius 1 is 1.17 bits per heavy atom. The topological polar surface area (TPSA) is 106 Å². The smallest absolute Gasteiger partial charge is 0.223 e. The monoisotopic (exact) mass is 248 g/mol. The minimum absolute atomic E-state index is 0.0479. The Morgan fingerprint density at radius 2 is 1.83 bits per heavy atom. The van der Waals surface area contributed by atoms with Crippen molar-refractivity contribution < 1.29 is 0 Å². The van der Waals surface area contributed by atoms with Crippen LogP contribution in [0.3, 0.4) is 0 Å². The molecule has 6 heteroatoms. The maximum absolute atomic E-state index is 5.59. The van der Waals surface area contributed by atoms with Crippen molar-refractivity contribution in [2.45, 2.75) is 13.8 Å². The molecule has 0 radical (unpaired) electrons. The molecular formula is C12H20N6. The quantitative estimate of drug-likeness (QED) is 0.540. The van der Waals surface area contributed by atoms with E-state index in [1.54, 1.807) is 0 Å². The number of hydrogen-bond acceptors (Lipinski definition) is 2. The lowest BCUT2D eigenvalue weighted by Crippen LogP contribution is -2.26. The highest BCUT2D eigenvalue weighted by Crippen LogP contribution is 2.21. The summed E-state index contributed by atoms with van der Waals surface area (Å²) in [5.41, 5.74) is 17.9. The van der Waals surface area contributed by atoms with Gasteiger partial charge >= 0.3 is 0 Å². The number of rotatable bonds is 4. The lowest BCUT2D eigenvalue weighted by atomic mass is 10.2. The summed E-state index contributed by atoms with van der Waals surface area (Å²) in [6.45, 7) is 6.08. The lowest BCUT2D eigenvalue weighted by Gasteiger charge is -2.21. The molecule has 1 rings (SSSR count). The molecule has 0 aromatic heterocycles. The van der Waals surface area contributed by atoms with E-state index in [-0.39, 0.29) is 11.9 Å². The van der Waals surface area contributed by atoms with Crippen molar-refractivity contribution in [2.24, 2.45) is 27.2 Å². The van der Waals surface area contributed by atoms with Crippen LogP contribution < -0.4 is 22.1 Å². The molecule has 18 heavy (non-hydrogen) atoms. The first-order valence-electron chi connectivity index (χ1n) is 5.85. The number of anilines is 1. The summed E-state index contributed by atoms with van der Waals surface area (Å²) in [7, 11) is 0. The third-order valence-corrected chi connectivity index (χ3v) is 2.45. The Balaban J connectivity index is 2.99. The second kappa shape index (κ2) is 6.48. The largest absolute Gasteiger partial charge is 0.372 e. The first-order chi connectivity index (χ1) is 8.56. The van der Waals surface area contributed by atoms with Crippen LogP contribution in [0.1, 0.15) is 13.8 Å². The van der Waals surface area contributed by atoms with Crippen LogP contribution in [0.4, 0.5) is 11.4 Å². The van der Waals surface area contributed by atoms with Gasteiger partial charge in [-0.05, 0) is 32.0 Å². The van der Waals surface area contributed by atoms with Gasteiger partial charge in [0.05, 0.1) is 5.69 Å². The van der Waals surface area contributed by atoms with Crippen LogP contribution in [0.5, 0.6) is 0 Å². The second-order valence-electron chi connectivity index (χ2n) is 3.70. The van der Waals surface area contributed by atoms with Crippen molar-refractivity contribution in [3.63, 3.8) is 0 Å². The van der Waals surface area contributed by atoms with Crippen molar-refractivity contribution in [3.8, 4) is 0 Å². The average Bonchev–Trinajstić information content (AvgIpc) is 2.29. The van der Waals surface area contributed by atoms with Gasteiger partial charge in [-0.1, -0.05) is 6.07 Å². The molecule has 0 saturated carbocycles. The van der Waals surface area contributed by atoms with Crippen LogP contribution in [-0.4, -0.2) is 25.0 Å². The molecule has 0 atom stereocenters. The summed E-state index contributed by atoms with van der Waals surface area (Å²) < 4.78 is 0. The lowest BCUT2D eigenvalue weighted by molar-refractivity contribution is 0.866. The van der Waals surface area contributed by atoms with Crippen molar-refractivity contribution >= 4 is 23.3 Å². The molecule has 0 aliphatic rings. The predicted octanol–water partition coefficient (Wildman–Crippen LogP) is 0.752. The number of nitrogens with zero attached hydrogens (tertiary/aromatic N) is 3. The first kappa shape index (κ1) is 13.8. The fraction of sp³-hybridized carbons (Fsp3) is 0.333. The molecule has 6 N–H and O–H groups in total. The van der Waals surface area contributed by atoms with Crippen molar-refractivity contribution in [1.82, 2.24) is 0 Å². The number of aliphatic imine (C=N–C) groups is 2. The molecule has 0 saturated heterocycles. The summed E-state index contributed by atoms with van der Waals surface area (Å²) in [4.78, 5) is 10.0. The van der Waals surface area contributed by atoms with Gasteiger partial charge in [-0.3, -0.25) is 0 Å². The summed E-state index contributed by atoms with van der Waals surface area (Å²) in [5.74, 6) is -0.0529. The zero-order valence-electron chi connectivity index (χ0n) is 10.8. The van der Waals surface area contributed by atoms with Gasteiger partial charge in [-0.25, -0.2) is 4.99 Å². The molecule has 6 nitrogen and oxygen atoms in total. The number of guanidine groups is 2. The minimum atomic E-state index is -0.101. The van der Waals surface area contributed by atoms with Gasteiger partial charge in [-0.15, -0.1) is 0 Å². The molecule has 0 fully saturated rings. The molecule has 0 bridgehead atoms. The number of nitrogens with two attached hydrogens (primary N) is 3. The molecule has 1 aromatic rings. The van der Waals surface area contributed by atoms with Gasteiger partial charge in [0.1, 0.15) is 0 Å². The van der Waals surface area contributed by atoms with E-state index in [2.05, 4.69) is 28.7 Å². The van der Waals surface area contributed by atoms with E-state index in [1.807, 2.05) is 24.3 Å². The highest BCUT2D eigenvalue weighted by molar-refractivity contribution is 5.93. The summed E-state index contributed by atoms with van der Waals surface area (Å²) in [6.07, 6.45) is 0. The molecule has 0 heterocycles. The maximum atomic E-state index is 5.59. The van der Waals surface area contributed by atoms with Gasteiger partial charge < -0.3 is 22.1 Å². The Kier molecular flexibility index (Phi) is 4.98. The van der Waals surface area contributed by atoms with E-state index >= 15 is 0 Å². The van der Waals surface area contributed by atoms with Gasteiger partial charge in [0.25, 0.3) is 0 Å². The molecular weight excluding hydrogens is 228 g/mol. The van der Waals surface area contributed by atoms with E-state index in [4.69, 9.17) is 17.2 Å². The van der Waals surface area contributed by atoms with Crippen LogP contribution in [0.15, 0.2) is 34.3 Å². The van der Waals surface area contributed by atoms with Gasteiger partial charge in [0.2, 0.25) is 5.96 Å². The fourth-order valence-electron chi connectivity index (χ4n) is 1.64. The van der Waals surface area contributed by atoms with E-state index in [1.165, 1.54) is 0 Å². The standard InChI is InChI=1S/C12H20N6/c1-3-18(4-2)10-7-5-6-9(8-10)16-12(15)17-11(13)14/h5-8H,3-4H2,1-2H3,(H6,13,14,15,16,17). The van der Waals surface area contributed by atoms with E-state index in [0.717, 1.165) is 24.5 Å². The third kappa shape index (κ3) is 3.97. The summed E-state index contributed by atoms with van der Waals surface area (Å²) in [6, 6.07) is 7.75. The molecule has 0 spiro atoms. The van der Waals surface area contributed by atoms with Crippen LogP contribution in [0.2, 0.25) is 0 Å². The van der Waals surface area contributed by atoms with Crippen LogP contribution >= 0.6 is 0 Å². The summed E-state index contributed by atoms with van der Waals surface area (Å²) >= 11 is 0. The fourth-order valence-corrected chi connectivity index (χ4v) is 1.64. The molecule has 0 amide bonds. The SMILES string of the molecule is CCN(CC)c1cccc(N=C(N)N=C(N)N)c1. The first-order valence-corrected chi connectivity index (χ1v) is 5.85. The Labute approximate surface area is 107 Å².